The molecule has 0 heterocycles. The maximum Gasteiger partial charge on any atom is 0.326 e. The Kier molecular flexibility index (Phi) is 3.95. The van der Waals surface area contributed by atoms with E-state index in [4.69, 9.17) is 5.11 Å². The Morgan fingerprint density at radius 2 is 1.90 bits per heavy atom. The number of amides is 1. The molecule has 0 spiro atoms. The van der Waals surface area contributed by atoms with Gasteiger partial charge >= 0.3 is 5.97 Å². The highest BCUT2D eigenvalue weighted by Crippen LogP contribution is 2.33. The number of carboxylic acids is 1. The molecule has 2 aliphatic carbocycles. The van der Waals surface area contributed by atoms with Gasteiger partial charge in [0, 0.05) is 6.42 Å². The molecule has 0 saturated heterocycles. The van der Waals surface area contributed by atoms with Crippen LogP contribution in [0.3, 0.4) is 0 Å². The van der Waals surface area contributed by atoms with Crippen molar-refractivity contribution in [2.24, 2.45) is 11.8 Å². The number of rotatable bonds is 5. The summed E-state index contributed by atoms with van der Waals surface area (Å²) in [6, 6.07) is 7.68. The predicted molar refractivity (Wildman–Crippen MR) is 78.9 cm³/mol. The van der Waals surface area contributed by atoms with Gasteiger partial charge in [0.25, 0.3) is 0 Å². The number of benzene rings is 1. The van der Waals surface area contributed by atoms with Gasteiger partial charge in [-0.15, -0.1) is 0 Å². The lowest BCUT2D eigenvalue weighted by Gasteiger charge is -2.24. The van der Waals surface area contributed by atoms with Crippen molar-refractivity contribution in [3.05, 3.63) is 35.4 Å². The molecule has 1 aromatic carbocycles. The fraction of sp³-hybridized carbons (Fsp3) is 0.529. The summed E-state index contributed by atoms with van der Waals surface area (Å²) in [5.74, 6) is -0.550. The summed E-state index contributed by atoms with van der Waals surface area (Å²) in [6.45, 7) is 0. The van der Waals surface area contributed by atoms with Crippen LogP contribution >= 0.6 is 0 Å². The van der Waals surface area contributed by atoms with Crippen LogP contribution < -0.4 is 5.32 Å². The number of hydrogen-bond donors (Lipinski definition) is 2. The summed E-state index contributed by atoms with van der Waals surface area (Å²) in [4.78, 5) is 23.3. The minimum Gasteiger partial charge on any atom is -0.480 e. The van der Waals surface area contributed by atoms with Crippen LogP contribution in [0.1, 0.15) is 36.8 Å². The number of carbonyl (C=O) groups is 2. The summed E-state index contributed by atoms with van der Waals surface area (Å²) < 4.78 is 0. The number of hydrogen-bond acceptors (Lipinski definition) is 2. The Morgan fingerprint density at radius 3 is 2.57 bits per heavy atom. The van der Waals surface area contributed by atoms with Crippen molar-refractivity contribution in [3.63, 3.8) is 0 Å². The van der Waals surface area contributed by atoms with Crippen molar-refractivity contribution in [1.29, 1.82) is 0 Å². The molecule has 0 aromatic heterocycles. The van der Waals surface area contributed by atoms with Crippen LogP contribution in [0.5, 0.6) is 0 Å². The van der Waals surface area contributed by atoms with Gasteiger partial charge in [-0.05, 0) is 55.1 Å². The van der Waals surface area contributed by atoms with Gasteiger partial charge in [-0.2, -0.15) is 0 Å². The lowest BCUT2D eigenvalue weighted by molar-refractivity contribution is -0.142. The zero-order chi connectivity index (χ0) is 14.8. The first-order valence-electron chi connectivity index (χ1n) is 7.72. The van der Waals surface area contributed by atoms with Gasteiger partial charge in [-0.3, -0.25) is 4.79 Å². The number of aliphatic carboxylic acids is 1. The van der Waals surface area contributed by atoms with E-state index in [-0.39, 0.29) is 11.8 Å². The topological polar surface area (TPSA) is 66.4 Å². The first-order chi connectivity index (χ1) is 10.1. The molecule has 112 valence electrons. The largest absolute Gasteiger partial charge is 0.480 e. The Morgan fingerprint density at radius 1 is 1.19 bits per heavy atom. The van der Waals surface area contributed by atoms with Crippen LogP contribution in [0, 0.1) is 11.8 Å². The van der Waals surface area contributed by atoms with E-state index in [0.717, 1.165) is 32.1 Å². The molecule has 2 unspecified atom stereocenters. The van der Waals surface area contributed by atoms with Crippen LogP contribution in [0.2, 0.25) is 0 Å². The quantitative estimate of drug-likeness (QED) is 0.872. The zero-order valence-corrected chi connectivity index (χ0v) is 12.0. The molecular formula is C17H21NO3. The first kappa shape index (κ1) is 14.1. The van der Waals surface area contributed by atoms with E-state index >= 15 is 0 Å². The second-order valence-electron chi connectivity index (χ2n) is 6.30. The van der Waals surface area contributed by atoms with Gasteiger partial charge in [0.2, 0.25) is 5.91 Å². The van der Waals surface area contributed by atoms with Gasteiger partial charge in [0.05, 0.1) is 0 Å². The maximum atomic E-state index is 12.1. The molecule has 1 amide bonds. The van der Waals surface area contributed by atoms with E-state index in [1.54, 1.807) is 0 Å². The minimum atomic E-state index is -0.903. The Balaban J connectivity index is 1.55. The monoisotopic (exact) mass is 287 g/mol. The molecule has 0 radical (unpaired) electrons. The number of aryl methyl sites for hydroxylation is 1. The highest BCUT2D eigenvalue weighted by molar-refractivity contribution is 5.84. The average Bonchev–Trinajstić information content (AvgIpc) is 3.29. The summed E-state index contributed by atoms with van der Waals surface area (Å²) in [5, 5.41) is 11.9. The summed E-state index contributed by atoms with van der Waals surface area (Å²) in [6.07, 6.45) is 5.20. The number of fused-ring (bicyclic) bond motifs is 1. The fourth-order valence-corrected chi connectivity index (χ4v) is 3.25. The minimum absolute atomic E-state index is 0.112. The SMILES string of the molecule is O=C(CC1CCc2ccccc2C1)NC(C(=O)O)C1CC1. The predicted octanol–water partition coefficient (Wildman–Crippen LogP) is 2.16. The molecule has 3 rings (SSSR count). The van der Waals surface area contributed by atoms with Gasteiger partial charge in [-0.1, -0.05) is 24.3 Å². The molecule has 1 fully saturated rings. The van der Waals surface area contributed by atoms with Crippen molar-refractivity contribution < 1.29 is 14.7 Å². The summed E-state index contributed by atoms with van der Waals surface area (Å²) >= 11 is 0. The van der Waals surface area contributed by atoms with Crippen molar-refractivity contribution >= 4 is 11.9 Å². The Labute approximate surface area is 124 Å². The van der Waals surface area contributed by atoms with Crippen LogP contribution in [-0.4, -0.2) is 23.0 Å². The number of carbonyl (C=O) groups excluding carboxylic acids is 1. The highest BCUT2D eigenvalue weighted by Gasteiger charge is 2.37. The summed E-state index contributed by atoms with van der Waals surface area (Å²) in [5.41, 5.74) is 2.72. The molecule has 2 atom stereocenters. The molecule has 2 N–H and O–H groups in total. The molecule has 0 aliphatic heterocycles. The molecule has 2 aliphatic rings. The van der Waals surface area contributed by atoms with E-state index in [1.807, 2.05) is 6.07 Å². The highest BCUT2D eigenvalue weighted by atomic mass is 16.4. The number of nitrogens with one attached hydrogen (secondary N) is 1. The average molecular weight is 287 g/mol. The normalized spacial score (nSPS) is 22.2. The molecule has 0 bridgehead atoms. The third kappa shape index (κ3) is 3.43. The lowest BCUT2D eigenvalue weighted by Crippen LogP contribution is -2.43. The van der Waals surface area contributed by atoms with E-state index in [0.29, 0.717) is 12.3 Å². The van der Waals surface area contributed by atoms with Crippen LogP contribution in [0.15, 0.2) is 24.3 Å². The van der Waals surface area contributed by atoms with Crippen molar-refractivity contribution in [2.75, 3.05) is 0 Å². The van der Waals surface area contributed by atoms with Gasteiger partial charge in [0.1, 0.15) is 6.04 Å². The third-order valence-electron chi connectivity index (χ3n) is 4.60. The molecule has 1 saturated carbocycles. The maximum absolute atomic E-state index is 12.1. The molecule has 1 aromatic rings. The van der Waals surface area contributed by atoms with Crippen molar-refractivity contribution in [3.8, 4) is 0 Å². The van der Waals surface area contributed by atoms with Gasteiger partial charge in [-0.25, -0.2) is 4.79 Å². The van der Waals surface area contributed by atoms with Crippen LogP contribution in [0.4, 0.5) is 0 Å². The van der Waals surface area contributed by atoms with Crippen LogP contribution in [-0.2, 0) is 22.4 Å². The van der Waals surface area contributed by atoms with E-state index < -0.39 is 12.0 Å². The first-order valence-corrected chi connectivity index (χ1v) is 7.72. The smallest absolute Gasteiger partial charge is 0.326 e. The number of carboxylic acid groups (broad SMARTS) is 1. The van der Waals surface area contributed by atoms with Crippen molar-refractivity contribution in [1.82, 2.24) is 5.32 Å². The molecule has 4 heteroatoms. The van der Waals surface area contributed by atoms with E-state index in [1.165, 1.54) is 11.1 Å². The van der Waals surface area contributed by atoms with E-state index in [2.05, 4.69) is 23.5 Å². The fourth-order valence-electron chi connectivity index (χ4n) is 3.25. The van der Waals surface area contributed by atoms with Gasteiger partial charge in [0.15, 0.2) is 0 Å². The molecular weight excluding hydrogens is 266 g/mol. The Bertz CT molecular complexity index is 551. The summed E-state index contributed by atoms with van der Waals surface area (Å²) in [7, 11) is 0. The van der Waals surface area contributed by atoms with Gasteiger partial charge < -0.3 is 10.4 Å². The second-order valence-corrected chi connectivity index (χ2v) is 6.30. The third-order valence-corrected chi connectivity index (χ3v) is 4.60. The van der Waals surface area contributed by atoms with E-state index in [9.17, 15) is 9.59 Å². The lowest BCUT2D eigenvalue weighted by atomic mass is 9.82. The second kappa shape index (κ2) is 5.88. The zero-order valence-electron chi connectivity index (χ0n) is 12.0. The van der Waals surface area contributed by atoms with Crippen LogP contribution in [0.25, 0.3) is 0 Å². The molecule has 21 heavy (non-hydrogen) atoms. The Hall–Kier alpha value is -1.84. The standard InChI is InChI=1S/C17H21NO3/c19-15(18-16(17(20)21)13-7-8-13)10-11-5-6-12-3-1-2-4-14(12)9-11/h1-4,11,13,16H,5-10H2,(H,18,19)(H,20,21). The van der Waals surface area contributed by atoms with Crippen molar-refractivity contribution in [2.45, 2.75) is 44.6 Å². The molecule has 4 nitrogen and oxygen atoms in total.